The van der Waals surface area contributed by atoms with E-state index in [2.05, 4.69) is 10.3 Å². The first-order chi connectivity index (χ1) is 14.4. The van der Waals surface area contributed by atoms with E-state index in [0.717, 1.165) is 11.3 Å². The molecule has 30 heavy (non-hydrogen) atoms. The zero-order chi connectivity index (χ0) is 21.8. The highest BCUT2D eigenvalue weighted by Crippen LogP contribution is 2.33. The number of benzene rings is 1. The Bertz CT molecular complexity index is 1170. The summed E-state index contributed by atoms with van der Waals surface area (Å²) in [4.78, 5) is 41.3. The monoisotopic (exact) mass is 427 g/mol. The van der Waals surface area contributed by atoms with E-state index < -0.39 is 23.9 Å². The van der Waals surface area contributed by atoms with Crippen molar-refractivity contribution in [3.63, 3.8) is 0 Å². The second kappa shape index (κ2) is 8.75. The van der Waals surface area contributed by atoms with Crippen LogP contribution in [-0.4, -0.2) is 35.5 Å². The minimum Gasteiger partial charge on any atom is -0.462 e. The number of anilines is 1. The topological polar surface area (TPSA) is 132 Å². The van der Waals surface area contributed by atoms with Gasteiger partial charge in [-0.05, 0) is 38.5 Å². The van der Waals surface area contributed by atoms with Crippen molar-refractivity contribution in [2.24, 2.45) is 0 Å². The third kappa shape index (κ3) is 4.01. The highest BCUT2D eigenvalue weighted by atomic mass is 32.1. The van der Waals surface area contributed by atoms with Crippen molar-refractivity contribution in [1.29, 1.82) is 5.26 Å². The van der Waals surface area contributed by atoms with E-state index in [1.54, 1.807) is 26.0 Å². The number of hydrogen-bond acceptors (Lipinski definition) is 9. The SMILES string of the molecule is CCOC(=O)c1sc(NC(=O)C(C)OC(=O)c2cccc3ocnc23)c(C#N)c1C. The lowest BCUT2D eigenvalue weighted by Crippen LogP contribution is -2.30. The van der Waals surface area contributed by atoms with Crippen molar-refractivity contribution >= 4 is 45.3 Å². The van der Waals surface area contributed by atoms with Crippen molar-refractivity contribution in [3.05, 3.63) is 46.2 Å². The molecule has 3 aromatic rings. The van der Waals surface area contributed by atoms with E-state index in [0.29, 0.717) is 16.7 Å². The molecule has 0 aliphatic carbocycles. The van der Waals surface area contributed by atoms with Gasteiger partial charge < -0.3 is 19.2 Å². The fourth-order valence-electron chi connectivity index (χ4n) is 2.67. The number of para-hydroxylation sites is 1. The van der Waals surface area contributed by atoms with Crippen LogP contribution in [0.3, 0.4) is 0 Å². The predicted molar refractivity (Wildman–Crippen MR) is 107 cm³/mol. The number of nitriles is 1. The second-order valence-corrected chi connectivity index (χ2v) is 7.15. The molecule has 1 N–H and O–H groups in total. The van der Waals surface area contributed by atoms with Crippen LogP contribution >= 0.6 is 11.3 Å². The van der Waals surface area contributed by atoms with E-state index in [1.165, 1.54) is 19.4 Å². The number of fused-ring (bicyclic) bond motifs is 1. The third-order valence-electron chi connectivity index (χ3n) is 4.19. The molecule has 10 heteroatoms. The van der Waals surface area contributed by atoms with Crippen LogP contribution in [0, 0.1) is 18.3 Å². The standard InChI is InChI=1S/C20H17N3O6S/c1-4-27-20(26)16-10(2)13(8-21)18(30-16)23-17(24)11(3)29-19(25)12-6-5-7-14-15(12)22-9-28-14/h5-7,9,11H,4H2,1-3H3,(H,23,24). The Kier molecular flexibility index (Phi) is 6.13. The van der Waals surface area contributed by atoms with Crippen LogP contribution in [0.4, 0.5) is 5.00 Å². The Hall–Kier alpha value is -3.71. The lowest BCUT2D eigenvalue weighted by atomic mass is 10.1. The third-order valence-corrected chi connectivity index (χ3v) is 5.38. The largest absolute Gasteiger partial charge is 0.462 e. The molecular weight excluding hydrogens is 410 g/mol. The average Bonchev–Trinajstić information content (AvgIpc) is 3.32. The molecule has 1 atom stereocenters. The molecular formula is C20H17N3O6S. The summed E-state index contributed by atoms with van der Waals surface area (Å²) >= 11 is 0.931. The van der Waals surface area contributed by atoms with Gasteiger partial charge in [0.1, 0.15) is 21.5 Å². The van der Waals surface area contributed by atoms with E-state index in [-0.39, 0.29) is 27.6 Å². The number of nitrogens with one attached hydrogen (secondary N) is 1. The van der Waals surface area contributed by atoms with Gasteiger partial charge in [-0.25, -0.2) is 14.6 Å². The Morgan fingerprint density at radius 1 is 1.33 bits per heavy atom. The fraction of sp³-hybridized carbons (Fsp3) is 0.250. The van der Waals surface area contributed by atoms with Crippen molar-refractivity contribution in [2.45, 2.75) is 26.9 Å². The molecule has 3 rings (SSSR count). The average molecular weight is 427 g/mol. The number of rotatable bonds is 6. The second-order valence-electron chi connectivity index (χ2n) is 6.13. The molecule has 0 aliphatic rings. The molecule has 0 bridgehead atoms. The van der Waals surface area contributed by atoms with Crippen LogP contribution in [0.5, 0.6) is 0 Å². The molecule has 0 aliphatic heterocycles. The van der Waals surface area contributed by atoms with E-state index in [9.17, 15) is 19.6 Å². The molecule has 154 valence electrons. The molecule has 1 unspecified atom stereocenters. The summed E-state index contributed by atoms with van der Waals surface area (Å²) in [6, 6.07) is 6.75. The highest BCUT2D eigenvalue weighted by molar-refractivity contribution is 7.18. The maximum Gasteiger partial charge on any atom is 0.348 e. The lowest BCUT2D eigenvalue weighted by molar-refractivity contribution is -0.123. The fourth-order valence-corrected chi connectivity index (χ4v) is 3.72. The Labute approximate surface area is 175 Å². The van der Waals surface area contributed by atoms with Gasteiger partial charge in [0.05, 0.1) is 17.7 Å². The first-order valence-electron chi connectivity index (χ1n) is 8.92. The van der Waals surface area contributed by atoms with Gasteiger partial charge in [-0.3, -0.25) is 4.79 Å². The molecule has 0 saturated heterocycles. The van der Waals surface area contributed by atoms with Gasteiger partial charge in [0.25, 0.3) is 5.91 Å². The Morgan fingerprint density at radius 3 is 2.80 bits per heavy atom. The van der Waals surface area contributed by atoms with Crippen molar-refractivity contribution in [2.75, 3.05) is 11.9 Å². The minimum atomic E-state index is -1.17. The summed E-state index contributed by atoms with van der Waals surface area (Å²) in [7, 11) is 0. The molecule has 0 fully saturated rings. The minimum absolute atomic E-state index is 0.155. The van der Waals surface area contributed by atoms with Crippen LogP contribution in [0.2, 0.25) is 0 Å². The van der Waals surface area contributed by atoms with Crippen LogP contribution in [0.15, 0.2) is 29.0 Å². The van der Waals surface area contributed by atoms with E-state index in [4.69, 9.17) is 13.9 Å². The number of amides is 1. The van der Waals surface area contributed by atoms with Crippen molar-refractivity contribution in [1.82, 2.24) is 4.98 Å². The normalized spacial score (nSPS) is 11.5. The molecule has 0 saturated carbocycles. The van der Waals surface area contributed by atoms with Gasteiger partial charge in [-0.1, -0.05) is 6.07 Å². The maximum atomic E-state index is 12.5. The zero-order valence-corrected chi connectivity index (χ0v) is 17.2. The zero-order valence-electron chi connectivity index (χ0n) is 16.3. The molecule has 2 aromatic heterocycles. The van der Waals surface area contributed by atoms with Crippen molar-refractivity contribution in [3.8, 4) is 6.07 Å². The number of ether oxygens (including phenoxy) is 2. The number of oxazole rings is 1. The Balaban J connectivity index is 1.75. The smallest absolute Gasteiger partial charge is 0.348 e. The number of carbonyl (C=O) groups excluding carboxylic acids is 3. The number of carbonyl (C=O) groups is 3. The number of hydrogen-bond donors (Lipinski definition) is 1. The molecule has 9 nitrogen and oxygen atoms in total. The maximum absolute atomic E-state index is 12.5. The van der Waals surface area contributed by atoms with Crippen LogP contribution in [-0.2, 0) is 14.3 Å². The summed E-state index contributed by atoms with van der Waals surface area (Å²) < 4.78 is 15.4. The quantitative estimate of drug-likeness (QED) is 0.592. The molecule has 1 amide bonds. The summed E-state index contributed by atoms with van der Waals surface area (Å²) in [5.74, 6) is -1.96. The van der Waals surface area contributed by atoms with Gasteiger partial charge >= 0.3 is 11.9 Å². The van der Waals surface area contributed by atoms with Gasteiger partial charge in [0.15, 0.2) is 18.1 Å². The van der Waals surface area contributed by atoms with Gasteiger partial charge in [-0.15, -0.1) is 11.3 Å². The summed E-state index contributed by atoms with van der Waals surface area (Å²) in [5, 5.41) is 12.1. The number of thiophene rings is 1. The number of esters is 2. The van der Waals surface area contributed by atoms with E-state index in [1.807, 2.05) is 6.07 Å². The number of nitrogens with zero attached hydrogens (tertiary/aromatic N) is 2. The van der Waals surface area contributed by atoms with Crippen LogP contribution in [0.25, 0.3) is 11.1 Å². The summed E-state index contributed by atoms with van der Waals surface area (Å²) in [6.07, 6.45) is 0.0426. The summed E-state index contributed by atoms with van der Waals surface area (Å²) in [5.41, 5.74) is 1.48. The Morgan fingerprint density at radius 2 is 2.10 bits per heavy atom. The molecule has 0 radical (unpaired) electrons. The first kappa shape index (κ1) is 21.0. The summed E-state index contributed by atoms with van der Waals surface area (Å²) in [6.45, 7) is 4.85. The first-order valence-corrected chi connectivity index (χ1v) is 9.73. The van der Waals surface area contributed by atoms with Gasteiger partial charge in [0.2, 0.25) is 0 Å². The lowest BCUT2D eigenvalue weighted by Gasteiger charge is -2.13. The van der Waals surface area contributed by atoms with E-state index >= 15 is 0 Å². The highest BCUT2D eigenvalue weighted by Gasteiger charge is 2.26. The molecule has 1 aromatic carbocycles. The van der Waals surface area contributed by atoms with Gasteiger partial charge in [-0.2, -0.15) is 5.26 Å². The number of aromatic nitrogens is 1. The predicted octanol–water partition coefficient (Wildman–Crippen LogP) is 3.43. The van der Waals surface area contributed by atoms with Crippen LogP contribution in [0.1, 0.15) is 45.0 Å². The van der Waals surface area contributed by atoms with Crippen LogP contribution < -0.4 is 5.32 Å². The molecule has 2 heterocycles. The molecule has 0 spiro atoms. The van der Waals surface area contributed by atoms with Crippen molar-refractivity contribution < 1.29 is 28.3 Å². The van der Waals surface area contributed by atoms with Gasteiger partial charge in [0, 0.05) is 0 Å².